The Hall–Kier alpha value is -1.55. The van der Waals surface area contributed by atoms with Gasteiger partial charge in [0.1, 0.15) is 5.75 Å². The first-order valence-corrected chi connectivity index (χ1v) is 7.75. The third-order valence-corrected chi connectivity index (χ3v) is 4.10. The van der Waals surface area contributed by atoms with E-state index < -0.39 is 0 Å². The summed E-state index contributed by atoms with van der Waals surface area (Å²) in [5.74, 6) is 1.08. The second-order valence-corrected chi connectivity index (χ2v) is 5.83. The quantitative estimate of drug-likeness (QED) is 0.904. The van der Waals surface area contributed by atoms with Gasteiger partial charge in [-0.25, -0.2) is 0 Å². The molecule has 0 aromatic heterocycles. The van der Waals surface area contributed by atoms with Crippen LogP contribution in [0.5, 0.6) is 5.75 Å². The highest BCUT2D eigenvalue weighted by Crippen LogP contribution is 2.19. The van der Waals surface area contributed by atoms with Crippen molar-refractivity contribution in [2.75, 3.05) is 26.7 Å². The van der Waals surface area contributed by atoms with Gasteiger partial charge in [-0.2, -0.15) is 0 Å². The highest BCUT2D eigenvalue weighted by atomic mass is 16.5. The fourth-order valence-corrected chi connectivity index (χ4v) is 2.71. The molecule has 2 rings (SSSR count). The van der Waals surface area contributed by atoms with Crippen molar-refractivity contribution in [3.05, 3.63) is 29.3 Å². The molecule has 116 valence electrons. The normalized spacial score (nSPS) is 18.6. The number of piperidine rings is 1. The third kappa shape index (κ3) is 4.46. The first kappa shape index (κ1) is 15.8. The number of aryl methyl sites for hydroxylation is 2. The molecule has 1 aliphatic rings. The smallest absolute Gasteiger partial charge is 0.226 e. The molecule has 0 bridgehead atoms. The molecule has 1 saturated heterocycles. The maximum Gasteiger partial charge on any atom is 0.226 e. The van der Waals surface area contributed by atoms with Gasteiger partial charge in [-0.05, 0) is 50.9 Å². The van der Waals surface area contributed by atoms with Gasteiger partial charge in [-0.1, -0.05) is 12.1 Å². The van der Waals surface area contributed by atoms with E-state index in [0.717, 1.165) is 37.2 Å². The van der Waals surface area contributed by atoms with Crippen LogP contribution in [-0.4, -0.2) is 43.6 Å². The number of carbonyl (C=O) groups is 1. The molecule has 0 radical (unpaired) electrons. The molecule has 0 unspecified atom stereocenters. The fourth-order valence-electron chi connectivity index (χ4n) is 2.71. The predicted molar refractivity (Wildman–Crippen MR) is 84.7 cm³/mol. The number of nitrogens with zero attached hydrogens (tertiary/aromatic N) is 1. The van der Waals surface area contributed by atoms with E-state index in [1.165, 1.54) is 5.56 Å². The molecule has 4 nitrogen and oxygen atoms in total. The van der Waals surface area contributed by atoms with Crippen LogP contribution in [0.15, 0.2) is 18.2 Å². The van der Waals surface area contributed by atoms with E-state index >= 15 is 0 Å². The second-order valence-electron chi connectivity index (χ2n) is 5.83. The summed E-state index contributed by atoms with van der Waals surface area (Å²) in [5, 5.41) is 3.26. The molecule has 0 aliphatic carbocycles. The average Bonchev–Trinajstić information content (AvgIpc) is 2.50. The second kappa shape index (κ2) is 7.46. The van der Waals surface area contributed by atoms with Crippen LogP contribution < -0.4 is 10.1 Å². The van der Waals surface area contributed by atoms with E-state index in [1.54, 1.807) is 0 Å². The van der Waals surface area contributed by atoms with E-state index in [1.807, 2.05) is 31.9 Å². The molecule has 21 heavy (non-hydrogen) atoms. The maximum absolute atomic E-state index is 12.2. The summed E-state index contributed by atoms with van der Waals surface area (Å²) in [6.07, 6.45) is 2.68. The standard InChI is InChI=1S/C17H26N2O2/c1-13-6-7-14(2)16(11-13)21-10-8-17(20)19-9-4-5-15(12-19)18-3/h6-7,11,15,18H,4-5,8-10,12H2,1-3H3/t15-/m1/s1. The lowest BCUT2D eigenvalue weighted by Crippen LogP contribution is -2.47. The Morgan fingerprint density at radius 3 is 3.00 bits per heavy atom. The van der Waals surface area contributed by atoms with Crippen molar-refractivity contribution in [1.29, 1.82) is 0 Å². The minimum absolute atomic E-state index is 0.195. The molecule has 1 aromatic rings. The lowest BCUT2D eigenvalue weighted by molar-refractivity contribution is -0.133. The van der Waals surface area contributed by atoms with Crippen molar-refractivity contribution < 1.29 is 9.53 Å². The van der Waals surface area contributed by atoms with Crippen molar-refractivity contribution in [2.24, 2.45) is 0 Å². The van der Waals surface area contributed by atoms with Crippen molar-refractivity contribution in [2.45, 2.75) is 39.2 Å². The molecule has 1 aromatic carbocycles. The molecular formula is C17H26N2O2. The summed E-state index contributed by atoms with van der Waals surface area (Å²) < 4.78 is 5.77. The zero-order valence-electron chi connectivity index (χ0n) is 13.3. The monoisotopic (exact) mass is 290 g/mol. The lowest BCUT2D eigenvalue weighted by atomic mass is 10.1. The van der Waals surface area contributed by atoms with Gasteiger partial charge in [-0.15, -0.1) is 0 Å². The average molecular weight is 290 g/mol. The summed E-state index contributed by atoms with van der Waals surface area (Å²) >= 11 is 0. The van der Waals surface area contributed by atoms with Gasteiger partial charge in [-0.3, -0.25) is 4.79 Å². The van der Waals surface area contributed by atoms with Gasteiger partial charge < -0.3 is 15.0 Å². The molecule has 4 heteroatoms. The summed E-state index contributed by atoms with van der Waals surface area (Å²) in [4.78, 5) is 14.2. The van der Waals surface area contributed by atoms with Crippen LogP contribution >= 0.6 is 0 Å². The number of amides is 1. The van der Waals surface area contributed by atoms with Crippen molar-refractivity contribution in [3.8, 4) is 5.75 Å². The van der Waals surface area contributed by atoms with Crippen LogP contribution in [0.2, 0.25) is 0 Å². The number of carbonyl (C=O) groups excluding carboxylic acids is 1. The van der Waals surface area contributed by atoms with Crippen LogP contribution in [0.25, 0.3) is 0 Å². The zero-order chi connectivity index (χ0) is 15.2. The number of likely N-dealkylation sites (N-methyl/N-ethyl adjacent to an activating group) is 1. The molecule has 1 heterocycles. The van der Waals surface area contributed by atoms with Gasteiger partial charge in [0, 0.05) is 19.1 Å². The number of hydrogen-bond donors (Lipinski definition) is 1. The molecule has 0 spiro atoms. The molecule has 0 saturated carbocycles. The van der Waals surface area contributed by atoms with E-state index in [0.29, 0.717) is 19.1 Å². The van der Waals surface area contributed by atoms with Gasteiger partial charge in [0.25, 0.3) is 0 Å². The fraction of sp³-hybridized carbons (Fsp3) is 0.588. The number of hydrogen-bond acceptors (Lipinski definition) is 3. The van der Waals surface area contributed by atoms with Crippen molar-refractivity contribution >= 4 is 5.91 Å². The first-order chi connectivity index (χ1) is 10.1. The van der Waals surface area contributed by atoms with E-state index in [4.69, 9.17) is 4.74 Å². The largest absolute Gasteiger partial charge is 0.493 e. The molecular weight excluding hydrogens is 264 g/mol. The molecule has 1 N–H and O–H groups in total. The number of nitrogens with one attached hydrogen (secondary N) is 1. The Bertz CT molecular complexity index is 488. The first-order valence-electron chi connectivity index (χ1n) is 7.75. The summed E-state index contributed by atoms with van der Waals surface area (Å²) in [7, 11) is 1.96. The van der Waals surface area contributed by atoms with Gasteiger partial charge in [0.05, 0.1) is 13.0 Å². The predicted octanol–water partition coefficient (Wildman–Crippen LogP) is 2.28. The number of rotatable bonds is 5. The molecule has 1 fully saturated rings. The Morgan fingerprint density at radius 1 is 1.43 bits per heavy atom. The van der Waals surface area contributed by atoms with Crippen LogP contribution in [-0.2, 0) is 4.79 Å². The topological polar surface area (TPSA) is 41.6 Å². The zero-order valence-corrected chi connectivity index (χ0v) is 13.3. The Kier molecular flexibility index (Phi) is 5.62. The van der Waals surface area contributed by atoms with Gasteiger partial charge in [0.2, 0.25) is 5.91 Å². The van der Waals surface area contributed by atoms with E-state index in [2.05, 4.69) is 17.4 Å². The van der Waals surface area contributed by atoms with Crippen LogP contribution in [0.1, 0.15) is 30.4 Å². The van der Waals surface area contributed by atoms with E-state index in [9.17, 15) is 4.79 Å². The van der Waals surface area contributed by atoms with Crippen molar-refractivity contribution in [1.82, 2.24) is 10.2 Å². The summed E-state index contributed by atoms with van der Waals surface area (Å²) in [6, 6.07) is 6.58. The number of likely N-dealkylation sites (tertiary alicyclic amines) is 1. The van der Waals surface area contributed by atoms with Crippen LogP contribution in [0.3, 0.4) is 0 Å². The minimum Gasteiger partial charge on any atom is -0.493 e. The Morgan fingerprint density at radius 2 is 2.24 bits per heavy atom. The third-order valence-electron chi connectivity index (χ3n) is 4.10. The van der Waals surface area contributed by atoms with E-state index in [-0.39, 0.29) is 5.91 Å². The maximum atomic E-state index is 12.2. The minimum atomic E-state index is 0.195. The molecule has 1 amide bonds. The highest BCUT2D eigenvalue weighted by molar-refractivity contribution is 5.76. The Balaban J connectivity index is 1.80. The van der Waals surface area contributed by atoms with Crippen LogP contribution in [0.4, 0.5) is 0 Å². The van der Waals surface area contributed by atoms with Crippen molar-refractivity contribution in [3.63, 3.8) is 0 Å². The molecule has 1 atom stereocenters. The van der Waals surface area contributed by atoms with Crippen LogP contribution in [0, 0.1) is 13.8 Å². The summed E-state index contributed by atoms with van der Waals surface area (Å²) in [6.45, 7) is 6.21. The summed E-state index contributed by atoms with van der Waals surface area (Å²) in [5.41, 5.74) is 2.29. The SMILES string of the molecule is CN[C@@H]1CCCN(C(=O)CCOc2cc(C)ccc2C)C1. The van der Waals surface area contributed by atoms with Gasteiger partial charge in [0.15, 0.2) is 0 Å². The Labute approximate surface area is 127 Å². The molecule has 1 aliphatic heterocycles. The lowest BCUT2D eigenvalue weighted by Gasteiger charge is -2.32. The van der Waals surface area contributed by atoms with Gasteiger partial charge >= 0.3 is 0 Å². The number of benzene rings is 1. The highest BCUT2D eigenvalue weighted by Gasteiger charge is 2.22. The number of ether oxygens (including phenoxy) is 1.